The molecule has 1 fully saturated rings. The van der Waals surface area contributed by atoms with Crippen molar-refractivity contribution in [1.82, 2.24) is 10.6 Å². The monoisotopic (exact) mass is 273 g/mol. The second kappa shape index (κ2) is 5.58. The maximum Gasteiger partial charge on any atom is 0.242 e. The highest BCUT2D eigenvalue weighted by Crippen LogP contribution is 2.19. The van der Waals surface area contributed by atoms with Gasteiger partial charge in [-0.2, -0.15) is 0 Å². The number of hydrogen-bond acceptors (Lipinski definition) is 3. The van der Waals surface area contributed by atoms with E-state index in [1.54, 1.807) is 0 Å². The number of nitrogens with one attached hydrogen (secondary N) is 3. The summed E-state index contributed by atoms with van der Waals surface area (Å²) in [5.74, 6) is -4.78. The minimum Gasteiger partial charge on any atom is -0.322 e. The Morgan fingerprint density at radius 2 is 1.95 bits per heavy atom. The number of anilines is 1. The summed E-state index contributed by atoms with van der Waals surface area (Å²) < 4.78 is 39.1. The lowest BCUT2D eigenvalue weighted by Crippen LogP contribution is -2.57. The first-order chi connectivity index (χ1) is 8.99. The van der Waals surface area contributed by atoms with Crippen LogP contribution in [0.1, 0.15) is 6.92 Å². The summed E-state index contributed by atoms with van der Waals surface area (Å²) in [5.41, 5.74) is -0.371. The van der Waals surface area contributed by atoms with Crippen LogP contribution in [0.4, 0.5) is 18.9 Å². The molecule has 1 aromatic rings. The number of amides is 1. The summed E-state index contributed by atoms with van der Waals surface area (Å²) in [7, 11) is 0. The van der Waals surface area contributed by atoms with Crippen LogP contribution in [0.2, 0.25) is 0 Å². The first-order valence-electron chi connectivity index (χ1n) is 5.90. The number of halogens is 3. The van der Waals surface area contributed by atoms with Crippen LogP contribution in [0, 0.1) is 17.5 Å². The topological polar surface area (TPSA) is 53.2 Å². The Morgan fingerprint density at radius 1 is 1.21 bits per heavy atom. The highest BCUT2D eigenvalue weighted by Gasteiger charge is 2.24. The van der Waals surface area contributed by atoms with Crippen molar-refractivity contribution in [2.75, 3.05) is 18.4 Å². The second-order valence-corrected chi connectivity index (χ2v) is 4.48. The number of carbonyl (C=O) groups excluding carboxylic acids is 1. The first kappa shape index (κ1) is 13.8. The minimum atomic E-state index is -1.60. The van der Waals surface area contributed by atoms with Crippen LogP contribution in [-0.2, 0) is 4.79 Å². The third-order valence-corrected chi connectivity index (χ3v) is 2.95. The van der Waals surface area contributed by atoms with Gasteiger partial charge in [-0.05, 0) is 19.1 Å². The molecule has 0 radical (unpaired) electrons. The molecule has 1 heterocycles. The average molecular weight is 273 g/mol. The van der Waals surface area contributed by atoms with Crippen LogP contribution in [0.15, 0.2) is 12.1 Å². The zero-order chi connectivity index (χ0) is 14.0. The van der Waals surface area contributed by atoms with Crippen molar-refractivity contribution >= 4 is 11.6 Å². The normalized spacial score (nSPS) is 23.2. The van der Waals surface area contributed by atoms with Gasteiger partial charge in [0.15, 0.2) is 17.5 Å². The molecule has 1 aliphatic rings. The number of piperazine rings is 1. The number of hydrogen-bond donors (Lipinski definition) is 3. The minimum absolute atomic E-state index is 0.240. The fraction of sp³-hybridized carbons (Fsp3) is 0.417. The van der Waals surface area contributed by atoms with Crippen LogP contribution in [0.3, 0.4) is 0 Å². The maximum atomic E-state index is 13.4. The molecule has 104 valence electrons. The van der Waals surface area contributed by atoms with E-state index in [2.05, 4.69) is 16.0 Å². The molecular weight excluding hydrogens is 259 g/mol. The van der Waals surface area contributed by atoms with Gasteiger partial charge in [0, 0.05) is 19.1 Å². The Bertz CT molecular complexity index is 487. The highest BCUT2D eigenvalue weighted by molar-refractivity contribution is 5.95. The fourth-order valence-corrected chi connectivity index (χ4v) is 1.81. The standard InChI is InChI=1S/C12H14F3N3O/c1-6-4-17-9(5-16-6)12(19)18-8-3-2-7(13)10(14)11(8)15/h2-3,6,9,16-17H,4-5H2,1H3,(H,18,19). The second-order valence-electron chi connectivity index (χ2n) is 4.48. The van der Waals surface area contributed by atoms with Gasteiger partial charge in [0.1, 0.15) is 0 Å². The van der Waals surface area contributed by atoms with Gasteiger partial charge < -0.3 is 16.0 Å². The van der Waals surface area contributed by atoms with E-state index in [0.29, 0.717) is 13.1 Å². The molecule has 19 heavy (non-hydrogen) atoms. The van der Waals surface area contributed by atoms with Gasteiger partial charge in [-0.15, -0.1) is 0 Å². The van der Waals surface area contributed by atoms with E-state index in [0.717, 1.165) is 12.1 Å². The third-order valence-electron chi connectivity index (χ3n) is 2.95. The zero-order valence-corrected chi connectivity index (χ0v) is 10.3. The Labute approximate surface area is 108 Å². The number of rotatable bonds is 2. The van der Waals surface area contributed by atoms with Gasteiger partial charge in [0.05, 0.1) is 11.7 Å². The molecular formula is C12H14F3N3O. The SMILES string of the molecule is CC1CNC(C(=O)Nc2ccc(F)c(F)c2F)CN1. The molecule has 2 rings (SSSR count). The molecule has 0 saturated carbocycles. The van der Waals surface area contributed by atoms with E-state index in [9.17, 15) is 18.0 Å². The van der Waals surface area contributed by atoms with E-state index in [-0.39, 0.29) is 11.7 Å². The molecule has 7 heteroatoms. The van der Waals surface area contributed by atoms with Crippen LogP contribution >= 0.6 is 0 Å². The molecule has 1 aliphatic heterocycles. The van der Waals surface area contributed by atoms with E-state index in [1.165, 1.54) is 0 Å². The molecule has 1 amide bonds. The fourth-order valence-electron chi connectivity index (χ4n) is 1.81. The predicted molar refractivity (Wildman–Crippen MR) is 64.2 cm³/mol. The van der Waals surface area contributed by atoms with Gasteiger partial charge in [-0.25, -0.2) is 13.2 Å². The molecule has 1 saturated heterocycles. The molecule has 0 spiro atoms. The van der Waals surface area contributed by atoms with E-state index in [1.807, 2.05) is 6.92 Å². The van der Waals surface area contributed by atoms with Crippen molar-refractivity contribution < 1.29 is 18.0 Å². The Hall–Kier alpha value is -1.60. The summed E-state index contributed by atoms with van der Waals surface area (Å²) >= 11 is 0. The number of carbonyl (C=O) groups is 1. The summed E-state index contributed by atoms with van der Waals surface area (Å²) in [4.78, 5) is 11.8. The molecule has 2 atom stereocenters. The summed E-state index contributed by atoms with van der Waals surface area (Å²) in [6, 6.07) is 1.46. The van der Waals surface area contributed by atoms with Crippen molar-refractivity contribution in [3.05, 3.63) is 29.6 Å². The Morgan fingerprint density at radius 3 is 2.58 bits per heavy atom. The van der Waals surface area contributed by atoms with Gasteiger partial charge >= 0.3 is 0 Å². The summed E-state index contributed by atoms with van der Waals surface area (Å²) in [6.07, 6.45) is 0. The van der Waals surface area contributed by atoms with E-state index in [4.69, 9.17) is 0 Å². The maximum absolute atomic E-state index is 13.4. The molecule has 1 aromatic carbocycles. The molecule has 0 aromatic heterocycles. The molecule has 3 N–H and O–H groups in total. The molecule has 4 nitrogen and oxygen atoms in total. The van der Waals surface area contributed by atoms with Crippen LogP contribution in [0.5, 0.6) is 0 Å². The predicted octanol–water partition coefficient (Wildman–Crippen LogP) is 0.992. The largest absolute Gasteiger partial charge is 0.322 e. The van der Waals surface area contributed by atoms with Gasteiger partial charge in [-0.1, -0.05) is 0 Å². The van der Waals surface area contributed by atoms with E-state index < -0.39 is 29.4 Å². The summed E-state index contributed by atoms with van der Waals surface area (Å²) in [6.45, 7) is 2.94. The first-order valence-corrected chi connectivity index (χ1v) is 5.90. The average Bonchev–Trinajstić information content (AvgIpc) is 2.40. The third kappa shape index (κ3) is 3.05. The van der Waals surface area contributed by atoms with Gasteiger partial charge in [-0.3, -0.25) is 4.79 Å². The van der Waals surface area contributed by atoms with Gasteiger partial charge in [0.2, 0.25) is 5.91 Å². The van der Waals surface area contributed by atoms with Crippen molar-refractivity contribution in [2.45, 2.75) is 19.0 Å². The zero-order valence-electron chi connectivity index (χ0n) is 10.3. The lowest BCUT2D eigenvalue weighted by Gasteiger charge is -2.28. The lowest BCUT2D eigenvalue weighted by atomic mass is 10.1. The summed E-state index contributed by atoms with van der Waals surface area (Å²) in [5, 5.41) is 8.29. The smallest absolute Gasteiger partial charge is 0.242 e. The quantitative estimate of drug-likeness (QED) is 0.704. The van der Waals surface area contributed by atoms with Crippen molar-refractivity contribution in [3.8, 4) is 0 Å². The van der Waals surface area contributed by atoms with E-state index >= 15 is 0 Å². The molecule has 2 unspecified atom stereocenters. The number of benzene rings is 1. The molecule has 0 aliphatic carbocycles. The Balaban J connectivity index is 2.05. The molecule has 0 bridgehead atoms. The van der Waals surface area contributed by atoms with Crippen molar-refractivity contribution in [1.29, 1.82) is 0 Å². The van der Waals surface area contributed by atoms with Crippen LogP contribution < -0.4 is 16.0 Å². The van der Waals surface area contributed by atoms with Crippen LogP contribution in [-0.4, -0.2) is 31.1 Å². The Kier molecular flexibility index (Phi) is 4.06. The van der Waals surface area contributed by atoms with Crippen molar-refractivity contribution in [2.24, 2.45) is 0 Å². The highest BCUT2D eigenvalue weighted by atomic mass is 19.2. The van der Waals surface area contributed by atoms with Crippen molar-refractivity contribution in [3.63, 3.8) is 0 Å². The van der Waals surface area contributed by atoms with Crippen LogP contribution in [0.25, 0.3) is 0 Å². The lowest BCUT2D eigenvalue weighted by molar-refractivity contribution is -0.118. The van der Waals surface area contributed by atoms with Gasteiger partial charge in [0.25, 0.3) is 0 Å².